The number of hydrogen-bond donors (Lipinski definition) is 0. The number of fused-ring (bicyclic) bond motifs is 4. The third kappa shape index (κ3) is 7.38. The van der Waals surface area contributed by atoms with Gasteiger partial charge in [0.05, 0.1) is 30.5 Å². The molecule has 1 radical (unpaired) electrons. The summed E-state index contributed by atoms with van der Waals surface area (Å²) in [4.78, 5) is 14.1. The van der Waals surface area contributed by atoms with Crippen LogP contribution in [-0.2, 0) is 25.5 Å². The number of imidazole rings is 1. The largest absolute Gasteiger partial charge is 0.486 e. The Labute approximate surface area is 319 Å². The Bertz CT molecular complexity index is 2510. The molecule has 0 amide bonds. The van der Waals surface area contributed by atoms with Crippen LogP contribution in [0.2, 0.25) is 19.6 Å². The van der Waals surface area contributed by atoms with Gasteiger partial charge in [0.1, 0.15) is 0 Å². The standard InChI is InChI=1S/C29H24N3O.C15H18NSi.Ir/c1-18-12-17-22-21-8-7-9-23(26(21)33-28(22)30-18)27-31-24-10-5-6-11-25(24)32(27)20-15-13-19(14-16-20)29(2,3)4;1-12-5-7-13(8-6-12)15-10-9-14(11-16-15)17(2,3)4;/h5-8,10-17H,1-4H3;5-7,9-11H,1-4H3;/q2*-1;/i;1D3;. The zero-order valence-electron chi connectivity index (χ0n) is 32.9. The number of para-hydroxylation sites is 2. The number of rotatable bonds is 4. The normalized spacial score (nSPS) is 12.9. The van der Waals surface area contributed by atoms with Crippen molar-refractivity contribution in [3.63, 3.8) is 0 Å². The summed E-state index contributed by atoms with van der Waals surface area (Å²) in [6.07, 6.45) is 1.92. The first-order valence-electron chi connectivity index (χ1n) is 18.4. The summed E-state index contributed by atoms with van der Waals surface area (Å²) in [5.41, 5.74) is 9.54. The number of pyridine rings is 2. The van der Waals surface area contributed by atoms with Crippen LogP contribution in [-0.4, -0.2) is 27.6 Å². The zero-order valence-corrected chi connectivity index (χ0v) is 33.3. The average molecular weight is 866 g/mol. The Hall–Kier alpha value is -4.68. The van der Waals surface area contributed by atoms with Crippen LogP contribution < -0.4 is 5.19 Å². The molecule has 8 aromatic rings. The summed E-state index contributed by atoms with van der Waals surface area (Å²) in [5.74, 6) is 0.807. The van der Waals surface area contributed by atoms with E-state index < -0.39 is 14.9 Å². The van der Waals surface area contributed by atoms with Crippen molar-refractivity contribution in [3.05, 3.63) is 138 Å². The molecule has 0 atom stereocenters. The molecule has 0 aliphatic heterocycles. The molecule has 4 aromatic carbocycles. The van der Waals surface area contributed by atoms with Crippen LogP contribution in [0.15, 0.2) is 114 Å². The van der Waals surface area contributed by atoms with Gasteiger partial charge >= 0.3 is 0 Å². The SMILES string of the molecule is Cc1ccc2c(n1)oc1c(-c3nc4ccccc4n3-c3ccc(C(C)(C)C)cc3)[c-]ccc12.[2H]C([2H])([2H])c1c[c-]c(-c2ccc([Si](C)(C)C)cn2)cc1.[Ir]. The molecule has 4 heterocycles. The van der Waals surface area contributed by atoms with E-state index in [2.05, 4.69) is 110 Å². The van der Waals surface area contributed by atoms with E-state index in [9.17, 15) is 0 Å². The Morgan fingerprint density at radius 1 is 0.824 bits per heavy atom. The zero-order chi connectivity index (χ0) is 37.7. The first-order valence-corrected chi connectivity index (χ1v) is 20.4. The minimum absolute atomic E-state index is 0. The minimum atomic E-state index is -2.08. The predicted octanol–water partition coefficient (Wildman–Crippen LogP) is 10.8. The number of benzene rings is 4. The quantitative estimate of drug-likeness (QED) is 0.131. The van der Waals surface area contributed by atoms with E-state index in [0.29, 0.717) is 11.3 Å². The summed E-state index contributed by atoms with van der Waals surface area (Å²) in [6.45, 7) is 13.4. The molecule has 0 unspecified atom stereocenters. The van der Waals surface area contributed by atoms with Gasteiger partial charge in [0.25, 0.3) is 0 Å². The summed E-state index contributed by atoms with van der Waals surface area (Å²) < 4.78 is 30.5. The van der Waals surface area contributed by atoms with Gasteiger partial charge in [-0.25, -0.2) is 4.98 Å². The topological polar surface area (TPSA) is 56.7 Å². The van der Waals surface area contributed by atoms with Crippen molar-refractivity contribution in [2.45, 2.75) is 59.6 Å². The van der Waals surface area contributed by atoms with Crippen molar-refractivity contribution < 1.29 is 28.6 Å². The fourth-order valence-corrected chi connectivity index (χ4v) is 7.06. The van der Waals surface area contributed by atoms with Gasteiger partial charge in [-0.3, -0.25) is 4.98 Å². The van der Waals surface area contributed by atoms with Gasteiger partial charge in [0, 0.05) is 47.2 Å². The molecule has 0 saturated carbocycles. The molecular weight excluding hydrogens is 821 g/mol. The molecule has 0 bridgehead atoms. The molecule has 0 N–H and O–H groups in total. The number of hydrogen-bond acceptors (Lipinski definition) is 4. The fraction of sp³-hybridized carbons (Fsp3) is 0.205. The first-order chi connectivity index (χ1) is 25.1. The van der Waals surface area contributed by atoms with Crippen LogP contribution in [0.1, 0.15) is 41.7 Å². The molecular formula is C44H42IrN4OSi-2. The number of furan rings is 1. The van der Waals surface area contributed by atoms with Crippen LogP contribution in [0.3, 0.4) is 0 Å². The van der Waals surface area contributed by atoms with Crippen molar-refractivity contribution in [2.24, 2.45) is 0 Å². The third-order valence-corrected chi connectivity index (χ3v) is 11.0. The van der Waals surface area contributed by atoms with Gasteiger partial charge in [-0.15, -0.1) is 53.6 Å². The molecule has 51 heavy (non-hydrogen) atoms. The molecule has 0 fully saturated rings. The van der Waals surface area contributed by atoms with Crippen molar-refractivity contribution in [2.75, 3.05) is 0 Å². The minimum Gasteiger partial charge on any atom is -0.486 e. The van der Waals surface area contributed by atoms with Crippen molar-refractivity contribution in [1.29, 1.82) is 0 Å². The van der Waals surface area contributed by atoms with E-state index >= 15 is 0 Å². The smallest absolute Gasteiger partial charge is 0.216 e. The molecule has 0 saturated heterocycles. The van der Waals surface area contributed by atoms with Gasteiger partial charge in [0.15, 0.2) is 0 Å². The summed E-state index contributed by atoms with van der Waals surface area (Å²) in [7, 11) is -1.34. The first kappa shape index (κ1) is 32.2. The summed E-state index contributed by atoms with van der Waals surface area (Å²) in [6, 6.07) is 40.4. The monoisotopic (exact) mass is 866 g/mol. The molecule has 0 aliphatic carbocycles. The van der Waals surface area contributed by atoms with Crippen LogP contribution in [0.4, 0.5) is 0 Å². The Morgan fingerprint density at radius 2 is 1.61 bits per heavy atom. The Kier molecular flexibility index (Phi) is 8.94. The van der Waals surface area contributed by atoms with Crippen LogP contribution >= 0.6 is 0 Å². The van der Waals surface area contributed by atoms with E-state index in [-0.39, 0.29) is 25.5 Å². The van der Waals surface area contributed by atoms with Gasteiger partial charge in [-0.1, -0.05) is 94.6 Å². The van der Waals surface area contributed by atoms with E-state index in [1.165, 1.54) is 16.8 Å². The second kappa shape index (κ2) is 14.1. The summed E-state index contributed by atoms with van der Waals surface area (Å²) >= 11 is 0. The number of aryl methyl sites for hydroxylation is 2. The van der Waals surface area contributed by atoms with E-state index in [4.69, 9.17) is 13.5 Å². The van der Waals surface area contributed by atoms with Crippen molar-refractivity contribution >= 4 is 46.4 Å². The Balaban J connectivity index is 0.000000205. The molecule has 4 aromatic heterocycles. The maximum absolute atomic E-state index is 7.35. The second-order valence-corrected chi connectivity index (χ2v) is 19.8. The van der Waals surface area contributed by atoms with Crippen LogP contribution in [0.25, 0.3) is 61.4 Å². The second-order valence-electron chi connectivity index (χ2n) is 14.7. The molecule has 7 heteroatoms. The van der Waals surface area contributed by atoms with Gasteiger partial charge in [-0.2, -0.15) is 0 Å². The molecule has 0 spiro atoms. The predicted molar refractivity (Wildman–Crippen MR) is 210 cm³/mol. The van der Waals surface area contributed by atoms with Crippen LogP contribution in [0.5, 0.6) is 0 Å². The van der Waals surface area contributed by atoms with E-state index in [1.807, 2.05) is 55.6 Å². The Morgan fingerprint density at radius 3 is 2.27 bits per heavy atom. The molecule has 0 aliphatic rings. The molecule has 8 rings (SSSR count). The van der Waals surface area contributed by atoms with Crippen molar-refractivity contribution in [3.8, 4) is 28.3 Å². The van der Waals surface area contributed by atoms with Crippen LogP contribution in [0, 0.1) is 25.9 Å². The average Bonchev–Trinajstić information content (AvgIpc) is 3.69. The van der Waals surface area contributed by atoms with Crippen molar-refractivity contribution in [1.82, 2.24) is 19.5 Å². The van der Waals surface area contributed by atoms with Gasteiger partial charge in [0.2, 0.25) is 5.71 Å². The van der Waals surface area contributed by atoms with Gasteiger partial charge < -0.3 is 14.0 Å². The van der Waals surface area contributed by atoms with E-state index in [1.54, 1.807) is 12.1 Å². The number of aromatic nitrogens is 4. The fourth-order valence-electron chi connectivity index (χ4n) is 6.03. The maximum Gasteiger partial charge on any atom is 0.216 e. The molecule has 5 nitrogen and oxygen atoms in total. The molecule has 259 valence electrons. The summed E-state index contributed by atoms with van der Waals surface area (Å²) in [5, 5.41) is 3.33. The maximum atomic E-state index is 7.35. The van der Waals surface area contributed by atoms with E-state index in [0.717, 1.165) is 61.4 Å². The third-order valence-electron chi connectivity index (χ3n) is 8.93. The van der Waals surface area contributed by atoms with Gasteiger partial charge in [-0.05, 0) is 65.2 Å². The number of nitrogens with zero attached hydrogens (tertiary/aromatic N) is 4.